The minimum Gasteiger partial charge on any atom is -0.340 e. The average molecular weight is 469 g/mol. The van der Waals surface area contributed by atoms with Crippen LogP contribution in [0, 0.1) is 13.8 Å². The largest absolute Gasteiger partial charge is 0.340 e. The standard InChI is InChI=1S/C28H25ClN4O/c1-19-20(2)33(17-21-6-4-3-5-7-21)27-13-10-23(14-26(19)27)28(34)31-25-15-30-32(18-25)16-22-8-11-24(29)12-9-22/h3-15,18H,16-17H2,1-2H3,(H,31,34). The summed E-state index contributed by atoms with van der Waals surface area (Å²) in [5, 5.41) is 9.13. The molecule has 0 bridgehead atoms. The lowest BCUT2D eigenvalue weighted by Crippen LogP contribution is -2.11. The van der Waals surface area contributed by atoms with Crippen molar-refractivity contribution in [3.8, 4) is 0 Å². The molecule has 0 atom stereocenters. The molecule has 2 heterocycles. The van der Waals surface area contributed by atoms with Crippen molar-refractivity contribution in [1.82, 2.24) is 14.3 Å². The van der Waals surface area contributed by atoms with Gasteiger partial charge in [-0.2, -0.15) is 5.10 Å². The first-order valence-corrected chi connectivity index (χ1v) is 11.6. The van der Waals surface area contributed by atoms with Crippen LogP contribution in [0.1, 0.15) is 32.7 Å². The molecule has 0 aliphatic rings. The van der Waals surface area contributed by atoms with Gasteiger partial charge in [0.15, 0.2) is 0 Å². The smallest absolute Gasteiger partial charge is 0.255 e. The first-order chi connectivity index (χ1) is 16.5. The van der Waals surface area contributed by atoms with E-state index in [-0.39, 0.29) is 5.91 Å². The highest BCUT2D eigenvalue weighted by Gasteiger charge is 2.15. The minimum absolute atomic E-state index is 0.152. The van der Waals surface area contributed by atoms with Gasteiger partial charge in [0.1, 0.15) is 0 Å². The van der Waals surface area contributed by atoms with Crippen LogP contribution in [-0.2, 0) is 13.1 Å². The predicted octanol–water partition coefficient (Wildman–Crippen LogP) is 6.46. The SMILES string of the molecule is Cc1c(C)n(Cc2ccccc2)c2ccc(C(=O)Nc3cnn(Cc4ccc(Cl)cc4)c3)cc12. The van der Waals surface area contributed by atoms with Crippen molar-refractivity contribution in [2.75, 3.05) is 5.32 Å². The summed E-state index contributed by atoms with van der Waals surface area (Å²) in [6.07, 6.45) is 3.49. The summed E-state index contributed by atoms with van der Waals surface area (Å²) in [5.74, 6) is -0.152. The summed E-state index contributed by atoms with van der Waals surface area (Å²) in [5.41, 5.74) is 7.15. The Morgan fingerprint density at radius 2 is 1.68 bits per heavy atom. The third-order valence-corrected chi connectivity index (χ3v) is 6.49. The van der Waals surface area contributed by atoms with Crippen molar-refractivity contribution in [1.29, 1.82) is 0 Å². The first kappa shape index (κ1) is 22.0. The molecule has 0 radical (unpaired) electrons. The van der Waals surface area contributed by atoms with Gasteiger partial charge in [-0.25, -0.2) is 0 Å². The normalized spacial score (nSPS) is 11.1. The second-order valence-corrected chi connectivity index (χ2v) is 8.96. The number of carbonyl (C=O) groups excluding carboxylic acids is 1. The van der Waals surface area contributed by atoms with Gasteiger partial charge < -0.3 is 9.88 Å². The number of hydrogen-bond acceptors (Lipinski definition) is 2. The van der Waals surface area contributed by atoms with Crippen LogP contribution in [0.5, 0.6) is 0 Å². The number of carbonyl (C=O) groups is 1. The molecule has 2 aromatic heterocycles. The molecule has 0 saturated carbocycles. The summed E-state index contributed by atoms with van der Waals surface area (Å²) >= 11 is 5.96. The second-order valence-electron chi connectivity index (χ2n) is 8.52. The number of amides is 1. The molecule has 5 aromatic rings. The Morgan fingerprint density at radius 1 is 0.941 bits per heavy atom. The number of aryl methyl sites for hydroxylation is 1. The van der Waals surface area contributed by atoms with Crippen molar-refractivity contribution < 1.29 is 4.79 Å². The van der Waals surface area contributed by atoms with E-state index >= 15 is 0 Å². The van der Waals surface area contributed by atoms with Crippen molar-refractivity contribution in [2.45, 2.75) is 26.9 Å². The molecule has 170 valence electrons. The van der Waals surface area contributed by atoms with Gasteiger partial charge in [0.05, 0.1) is 18.4 Å². The number of fused-ring (bicyclic) bond motifs is 1. The number of benzene rings is 3. The fraction of sp³-hybridized carbons (Fsp3) is 0.143. The van der Waals surface area contributed by atoms with Crippen LogP contribution in [0.2, 0.25) is 5.02 Å². The minimum atomic E-state index is -0.152. The summed E-state index contributed by atoms with van der Waals surface area (Å²) in [4.78, 5) is 13.0. The van der Waals surface area contributed by atoms with E-state index in [2.05, 4.69) is 53.1 Å². The highest BCUT2D eigenvalue weighted by molar-refractivity contribution is 6.30. The Kier molecular flexibility index (Phi) is 5.95. The summed E-state index contributed by atoms with van der Waals surface area (Å²) < 4.78 is 4.10. The van der Waals surface area contributed by atoms with E-state index in [0.29, 0.717) is 22.8 Å². The van der Waals surface area contributed by atoms with Gasteiger partial charge in [0.2, 0.25) is 0 Å². The van der Waals surface area contributed by atoms with Gasteiger partial charge in [-0.3, -0.25) is 9.48 Å². The molecular formula is C28H25ClN4O. The molecule has 5 nitrogen and oxygen atoms in total. The lowest BCUT2D eigenvalue weighted by Gasteiger charge is -2.09. The third-order valence-electron chi connectivity index (χ3n) is 6.23. The molecule has 34 heavy (non-hydrogen) atoms. The maximum Gasteiger partial charge on any atom is 0.255 e. The van der Waals surface area contributed by atoms with Crippen LogP contribution >= 0.6 is 11.6 Å². The average Bonchev–Trinajstić information content (AvgIpc) is 3.38. The van der Waals surface area contributed by atoms with E-state index in [1.54, 1.807) is 10.9 Å². The van der Waals surface area contributed by atoms with E-state index in [4.69, 9.17) is 11.6 Å². The molecule has 0 saturated heterocycles. The van der Waals surface area contributed by atoms with Gasteiger partial charge >= 0.3 is 0 Å². The highest BCUT2D eigenvalue weighted by Crippen LogP contribution is 2.27. The van der Waals surface area contributed by atoms with E-state index in [0.717, 1.165) is 23.0 Å². The van der Waals surface area contributed by atoms with Crippen molar-refractivity contribution >= 4 is 34.1 Å². The number of hydrogen-bond donors (Lipinski definition) is 1. The molecule has 5 rings (SSSR count). The Morgan fingerprint density at radius 3 is 2.44 bits per heavy atom. The topological polar surface area (TPSA) is 51.9 Å². The number of anilines is 1. The quantitative estimate of drug-likeness (QED) is 0.311. The lowest BCUT2D eigenvalue weighted by molar-refractivity contribution is 0.102. The molecular weight excluding hydrogens is 444 g/mol. The van der Waals surface area contributed by atoms with E-state index in [1.807, 2.05) is 54.7 Å². The molecule has 0 fully saturated rings. The fourth-order valence-corrected chi connectivity index (χ4v) is 4.38. The van der Waals surface area contributed by atoms with Crippen LogP contribution in [0.15, 0.2) is 85.2 Å². The van der Waals surface area contributed by atoms with Gasteiger partial charge in [0.25, 0.3) is 5.91 Å². The fourth-order valence-electron chi connectivity index (χ4n) is 4.26. The molecule has 0 aliphatic carbocycles. The molecule has 1 N–H and O–H groups in total. The summed E-state index contributed by atoms with van der Waals surface area (Å²) in [6.45, 7) is 5.65. The first-order valence-electron chi connectivity index (χ1n) is 11.2. The molecule has 3 aromatic carbocycles. The van der Waals surface area contributed by atoms with E-state index in [9.17, 15) is 4.79 Å². The highest BCUT2D eigenvalue weighted by atomic mass is 35.5. The summed E-state index contributed by atoms with van der Waals surface area (Å²) in [6, 6.07) is 24.0. The Balaban J connectivity index is 1.34. The molecule has 1 amide bonds. The van der Waals surface area contributed by atoms with Crippen LogP contribution in [-0.4, -0.2) is 20.3 Å². The Labute approximate surface area is 203 Å². The maximum absolute atomic E-state index is 13.0. The van der Waals surface area contributed by atoms with Crippen molar-refractivity contribution in [3.05, 3.63) is 118 Å². The van der Waals surface area contributed by atoms with E-state index in [1.165, 1.54) is 16.8 Å². The van der Waals surface area contributed by atoms with E-state index < -0.39 is 0 Å². The zero-order valence-corrected chi connectivity index (χ0v) is 19.9. The number of halogens is 1. The van der Waals surface area contributed by atoms with Crippen LogP contribution in [0.4, 0.5) is 5.69 Å². The number of nitrogens with zero attached hydrogens (tertiary/aromatic N) is 3. The molecule has 0 unspecified atom stereocenters. The van der Waals surface area contributed by atoms with Crippen molar-refractivity contribution in [3.63, 3.8) is 0 Å². The number of aromatic nitrogens is 3. The van der Waals surface area contributed by atoms with Gasteiger partial charge in [-0.1, -0.05) is 54.1 Å². The number of rotatable bonds is 6. The second kappa shape index (κ2) is 9.20. The molecule has 0 spiro atoms. The van der Waals surface area contributed by atoms with Gasteiger partial charge in [0, 0.05) is 39.9 Å². The third kappa shape index (κ3) is 4.47. The Hall–Kier alpha value is -3.83. The van der Waals surface area contributed by atoms with Crippen LogP contribution in [0.3, 0.4) is 0 Å². The van der Waals surface area contributed by atoms with Gasteiger partial charge in [-0.05, 0) is 60.9 Å². The van der Waals surface area contributed by atoms with Gasteiger partial charge in [-0.15, -0.1) is 0 Å². The lowest BCUT2D eigenvalue weighted by atomic mass is 10.1. The monoisotopic (exact) mass is 468 g/mol. The zero-order valence-electron chi connectivity index (χ0n) is 19.1. The van der Waals surface area contributed by atoms with Crippen molar-refractivity contribution in [2.24, 2.45) is 0 Å². The Bertz CT molecular complexity index is 1470. The number of nitrogens with one attached hydrogen (secondary N) is 1. The molecule has 0 aliphatic heterocycles. The summed E-state index contributed by atoms with van der Waals surface area (Å²) in [7, 11) is 0. The predicted molar refractivity (Wildman–Crippen MR) is 138 cm³/mol. The molecule has 6 heteroatoms. The zero-order chi connectivity index (χ0) is 23.7. The maximum atomic E-state index is 13.0. The van der Waals surface area contributed by atoms with Crippen LogP contribution < -0.4 is 5.32 Å². The van der Waals surface area contributed by atoms with Crippen LogP contribution in [0.25, 0.3) is 10.9 Å².